The average Bonchev–Trinajstić information content (AvgIpc) is 3.51. The maximum absolute atomic E-state index is 12.7. The molecule has 3 aromatic rings. The molecule has 1 aliphatic heterocycles. The molecular weight excluding hydrogens is 388 g/mol. The summed E-state index contributed by atoms with van der Waals surface area (Å²) in [4.78, 5) is 33.0. The quantitative estimate of drug-likeness (QED) is 0.409. The lowest BCUT2D eigenvalue weighted by Gasteiger charge is -2.13. The van der Waals surface area contributed by atoms with Crippen LogP contribution in [0.25, 0.3) is 11.0 Å². The van der Waals surface area contributed by atoms with Crippen LogP contribution in [0.1, 0.15) is 12.2 Å². The summed E-state index contributed by atoms with van der Waals surface area (Å²) in [6.45, 7) is 0. The van der Waals surface area contributed by atoms with E-state index in [2.05, 4.69) is 27.2 Å². The molecule has 2 bridgehead atoms. The van der Waals surface area contributed by atoms with E-state index in [0.29, 0.717) is 10.9 Å². The number of H-pyrrole nitrogens is 1. The number of carbonyl (C=O) groups is 2. The van der Waals surface area contributed by atoms with Crippen LogP contribution in [0.3, 0.4) is 0 Å². The predicted molar refractivity (Wildman–Crippen MR) is 106 cm³/mol. The summed E-state index contributed by atoms with van der Waals surface area (Å²) < 4.78 is 5.75. The maximum Gasteiger partial charge on any atom is 0.254 e. The fourth-order valence-electron chi connectivity index (χ4n) is 4.65. The van der Waals surface area contributed by atoms with Gasteiger partial charge in [-0.25, -0.2) is 4.98 Å². The molecule has 29 heavy (non-hydrogen) atoms. The van der Waals surface area contributed by atoms with Gasteiger partial charge in [0.05, 0.1) is 29.1 Å². The molecule has 1 saturated carbocycles. The number of nitrogens with one attached hydrogen (secondary N) is 1. The van der Waals surface area contributed by atoms with Crippen molar-refractivity contribution in [1.29, 1.82) is 0 Å². The Morgan fingerprint density at radius 2 is 1.86 bits per heavy atom. The molecule has 7 nitrogen and oxygen atoms in total. The number of hydrogen-bond donors (Lipinski definition) is 1. The first-order chi connectivity index (χ1) is 14.2. The SMILES string of the molecule is O=C1[C@@H]2[C@H](C(=O)N1N=Cc1ccc(Sc3nc4ccccc4[nH]3)o1)[C@H]1C=C[C@H]2C1. The summed E-state index contributed by atoms with van der Waals surface area (Å²) in [5, 5.41) is 6.54. The van der Waals surface area contributed by atoms with Crippen molar-refractivity contribution in [2.75, 3.05) is 0 Å². The molecule has 2 aromatic heterocycles. The zero-order valence-corrected chi connectivity index (χ0v) is 16.0. The van der Waals surface area contributed by atoms with Crippen molar-refractivity contribution in [3.63, 3.8) is 0 Å². The molecule has 2 aliphatic carbocycles. The fraction of sp³-hybridized carbons (Fsp3) is 0.238. The molecular formula is C21H16N4O3S. The van der Waals surface area contributed by atoms with Gasteiger partial charge < -0.3 is 9.40 Å². The monoisotopic (exact) mass is 404 g/mol. The highest BCUT2D eigenvalue weighted by molar-refractivity contribution is 7.99. The average molecular weight is 404 g/mol. The number of aromatic amines is 1. The molecule has 6 rings (SSSR count). The molecule has 1 saturated heterocycles. The van der Waals surface area contributed by atoms with Crippen LogP contribution in [-0.4, -0.2) is 33.0 Å². The number of para-hydroxylation sites is 2. The van der Waals surface area contributed by atoms with E-state index in [0.717, 1.165) is 27.6 Å². The van der Waals surface area contributed by atoms with Crippen LogP contribution in [0.5, 0.6) is 0 Å². The van der Waals surface area contributed by atoms with E-state index in [4.69, 9.17) is 4.42 Å². The second-order valence-electron chi connectivity index (χ2n) is 7.55. The number of benzene rings is 1. The number of furan rings is 1. The molecule has 0 spiro atoms. The lowest BCUT2D eigenvalue weighted by Crippen LogP contribution is -2.28. The summed E-state index contributed by atoms with van der Waals surface area (Å²) in [6, 6.07) is 11.4. The van der Waals surface area contributed by atoms with Crippen LogP contribution < -0.4 is 0 Å². The molecule has 2 amide bonds. The van der Waals surface area contributed by atoms with Crippen molar-refractivity contribution >= 4 is 40.8 Å². The van der Waals surface area contributed by atoms with E-state index >= 15 is 0 Å². The van der Waals surface area contributed by atoms with Gasteiger partial charge in [0.1, 0.15) is 5.76 Å². The van der Waals surface area contributed by atoms with Gasteiger partial charge in [-0.3, -0.25) is 9.59 Å². The second kappa shape index (κ2) is 6.18. The largest absolute Gasteiger partial charge is 0.448 e. The molecule has 3 heterocycles. The van der Waals surface area contributed by atoms with Crippen molar-refractivity contribution in [2.24, 2.45) is 28.8 Å². The summed E-state index contributed by atoms with van der Waals surface area (Å²) in [5.74, 6) is -0.0551. The van der Waals surface area contributed by atoms with E-state index < -0.39 is 0 Å². The highest BCUT2D eigenvalue weighted by atomic mass is 32.2. The summed E-state index contributed by atoms with van der Waals surface area (Å²) >= 11 is 1.37. The van der Waals surface area contributed by atoms with E-state index in [1.165, 1.54) is 18.0 Å². The molecule has 0 radical (unpaired) electrons. The Kier molecular flexibility index (Phi) is 3.58. The normalized spacial score (nSPS) is 27.8. The third-order valence-electron chi connectivity index (χ3n) is 5.91. The third-order valence-corrected chi connectivity index (χ3v) is 6.72. The van der Waals surface area contributed by atoms with Gasteiger partial charge in [0.15, 0.2) is 10.2 Å². The second-order valence-corrected chi connectivity index (χ2v) is 8.54. The summed E-state index contributed by atoms with van der Waals surface area (Å²) in [7, 11) is 0. The third kappa shape index (κ3) is 2.59. The number of imide groups is 1. The first-order valence-corrected chi connectivity index (χ1v) is 10.3. The standard InChI is InChI=1S/C21H16N4O3S/c26-19-17-11-5-6-12(9-11)18(17)20(27)25(19)22-10-13-7-8-16(28-13)29-21-23-14-3-1-2-4-15(14)24-21/h1-8,10-12,17-18H,9H2,(H,23,24)/t11-,12-,17-,18+/m0/s1. The number of aromatic nitrogens is 2. The van der Waals surface area contributed by atoms with Gasteiger partial charge in [0.2, 0.25) is 0 Å². The van der Waals surface area contributed by atoms with Gasteiger partial charge in [-0.2, -0.15) is 10.1 Å². The maximum atomic E-state index is 12.7. The smallest absolute Gasteiger partial charge is 0.254 e. The predicted octanol–water partition coefficient (Wildman–Crippen LogP) is 3.45. The van der Waals surface area contributed by atoms with E-state index in [1.807, 2.05) is 30.3 Å². The number of fused-ring (bicyclic) bond motifs is 6. The van der Waals surface area contributed by atoms with E-state index in [1.54, 1.807) is 6.07 Å². The summed E-state index contributed by atoms with van der Waals surface area (Å²) in [6.07, 6.45) is 6.47. The molecule has 1 N–H and O–H groups in total. The van der Waals surface area contributed by atoms with Gasteiger partial charge >= 0.3 is 0 Å². The fourth-order valence-corrected chi connectivity index (χ4v) is 5.42. The van der Waals surface area contributed by atoms with Gasteiger partial charge in [-0.15, -0.1) is 0 Å². The Labute approximate surface area is 169 Å². The van der Waals surface area contributed by atoms with Crippen molar-refractivity contribution in [1.82, 2.24) is 15.0 Å². The minimum absolute atomic E-state index is 0.178. The molecule has 2 fully saturated rings. The van der Waals surface area contributed by atoms with Crippen molar-refractivity contribution < 1.29 is 14.0 Å². The van der Waals surface area contributed by atoms with Gasteiger partial charge in [0, 0.05) is 0 Å². The van der Waals surface area contributed by atoms with E-state index in [9.17, 15) is 9.59 Å². The Hall–Kier alpha value is -3.13. The van der Waals surface area contributed by atoms with Gasteiger partial charge in [-0.05, 0) is 54.3 Å². The van der Waals surface area contributed by atoms with Crippen molar-refractivity contribution in [2.45, 2.75) is 16.7 Å². The minimum atomic E-state index is -0.245. The lowest BCUT2D eigenvalue weighted by atomic mass is 9.85. The summed E-state index contributed by atoms with van der Waals surface area (Å²) in [5.41, 5.74) is 1.85. The van der Waals surface area contributed by atoms with Crippen LogP contribution in [0.2, 0.25) is 0 Å². The van der Waals surface area contributed by atoms with Gasteiger partial charge in [-0.1, -0.05) is 24.3 Å². The molecule has 4 atom stereocenters. The lowest BCUT2D eigenvalue weighted by molar-refractivity contribution is -0.140. The van der Waals surface area contributed by atoms with Crippen LogP contribution in [0.15, 0.2) is 68.3 Å². The first kappa shape index (κ1) is 16.8. The number of amides is 2. The molecule has 1 aromatic carbocycles. The van der Waals surface area contributed by atoms with Crippen LogP contribution >= 0.6 is 11.8 Å². The number of carbonyl (C=O) groups excluding carboxylic acids is 2. The minimum Gasteiger partial charge on any atom is -0.448 e. The molecule has 144 valence electrons. The zero-order chi connectivity index (χ0) is 19.5. The highest BCUT2D eigenvalue weighted by Gasteiger charge is 2.59. The first-order valence-electron chi connectivity index (χ1n) is 9.50. The van der Waals surface area contributed by atoms with Gasteiger partial charge in [0.25, 0.3) is 11.8 Å². The Morgan fingerprint density at radius 3 is 2.62 bits per heavy atom. The van der Waals surface area contributed by atoms with Crippen molar-refractivity contribution in [3.8, 4) is 0 Å². The topological polar surface area (TPSA) is 91.6 Å². The Bertz CT molecular complexity index is 1150. The van der Waals surface area contributed by atoms with E-state index in [-0.39, 0.29) is 35.5 Å². The Morgan fingerprint density at radius 1 is 1.10 bits per heavy atom. The number of hydrogen-bond acceptors (Lipinski definition) is 6. The zero-order valence-electron chi connectivity index (χ0n) is 15.2. The molecule has 8 heteroatoms. The number of nitrogens with zero attached hydrogens (tertiary/aromatic N) is 3. The van der Waals surface area contributed by atoms with Crippen LogP contribution in [0, 0.1) is 23.7 Å². The van der Waals surface area contributed by atoms with Crippen LogP contribution in [-0.2, 0) is 9.59 Å². The van der Waals surface area contributed by atoms with Crippen LogP contribution in [0.4, 0.5) is 0 Å². The Balaban J connectivity index is 1.18. The van der Waals surface area contributed by atoms with Crippen molar-refractivity contribution in [3.05, 3.63) is 54.3 Å². The molecule has 3 aliphatic rings. The number of imidazole rings is 1. The number of allylic oxidation sites excluding steroid dienone is 2. The highest BCUT2D eigenvalue weighted by Crippen LogP contribution is 2.52. The molecule has 0 unspecified atom stereocenters. The number of hydrazone groups is 1. The number of rotatable bonds is 4.